The van der Waals surface area contributed by atoms with Crippen LogP contribution in [0, 0.1) is 0 Å². The minimum Gasteiger partial charge on any atom is -0.744 e. The van der Waals surface area contributed by atoms with Gasteiger partial charge in [-0.1, -0.05) is 13.8 Å². The van der Waals surface area contributed by atoms with Crippen LogP contribution in [-0.2, 0) is 10.1 Å². The Hall–Kier alpha value is -1.80. The van der Waals surface area contributed by atoms with E-state index >= 15 is 0 Å². The first-order valence-electron chi connectivity index (χ1n) is 6.57. The molecule has 122 valence electrons. The summed E-state index contributed by atoms with van der Waals surface area (Å²) in [4.78, 5) is 10.1. The van der Waals surface area contributed by atoms with E-state index in [1.54, 1.807) is 0 Å². The second-order valence-corrected chi connectivity index (χ2v) is 4.72. The highest BCUT2D eigenvalue weighted by Crippen LogP contribution is 2.13. The molecule has 0 aliphatic rings. The van der Waals surface area contributed by atoms with Crippen LogP contribution in [-0.4, -0.2) is 37.2 Å². The van der Waals surface area contributed by atoms with Gasteiger partial charge in [0.05, 0.1) is 4.90 Å². The van der Waals surface area contributed by atoms with E-state index in [0.717, 1.165) is 24.3 Å². The van der Waals surface area contributed by atoms with Crippen LogP contribution in [0.25, 0.3) is 0 Å². The van der Waals surface area contributed by atoms with Gasteiger partial charge < -0.3 is 20.3 Å². The van der Waals surface area contributed by atoms with Crippen LogP contribution >= 0.6 is 0 Å². The van der Waals surface area contributed by atoms with Gasteiger partial charge in [-0.3, -0.25) is 0 Å². The summed E-state index contributed by atoms with van der Waals surface area (Å²) in [6.07, 6.45) is 0. The van der Waals surface area contributed by atoms with E-state index in [-0.39, 0.29) is 16.7 Å². The number of rotatable bonds is 3. The first kappa shape index (κ1) is 21.5. The number of urea groups is 1. The molecule has 0 aliphatic heterocycles. The molecule has 0 saturated carbocycles. The number of benzene rings is 1. The van der Waals surface area contributed by atoms with Crippen molar-refractivity contribution in [3.8, 4) is 5.75 Å². The standard InChI is InChI=1S/C6H6O4S.C5H12N2O.C2H6/c7-5-1-3-6(4-2-5)11(8,9)10;1-3-6-5(8)7-4-2;1-2/h1-4,7H,(H,8,9,10);3-4H2,1-2H3,(H2,6,7,8);1-2H3/p-1. The minimum absolute atomic E-state index is 0.0719. The Morgan fingerprint density at radius 2 is 1.48 bits per heavy atom. The number of nitrogens with one attached hydrogen (secondary N) is 2. The van der Waals surface area contributed by atoms with Gasteiger partial charge >= 0.3 is 6.03 Å². The van der Waals surface area contributed by atoms with Gasteiger partial charge in [0.2, 0.25) is 0 Å². The Labute approximate surface area is 126 Å². The largest absolute Gasteiger partial charge is 0.744 e. The highest BCUT2D eigenvalue weighted by atomic mass is 32.2. The topological polar surface area (TPSA) is 119 Å². The maximum Gasteiger partial charge on any atom is 0.314 e. The molecule has 0 atom stereocenters. The lowest BCUT2D eigenvalue weighted by Gasteiger charge is -2.05. The average molecular weight is 319 g/mol. The van der Waals surface area contributed by atoms with Gasteiger partial charge in [-0.15, -0.1) is 0 Å². The molecule has 0 spiro atoms. The Morgan fingerprint density at radius 1 is 1.10 bits per heavy atom. The van der Waals surface area contributed by atoms with Crippen molar-refractivity contribution in [2.24, 2.45) is 0 Å². The van der Waals surface area contributed by atoms with Gasteiger partial charge in [-0.25, -0.2) is 13.2 Å². The third-order valence-electron chi connectivity index (χ3n) is 1.80. The number of aromatic hydroxyl groups is 1. The van der Waals surface area contributed by atoms with Crippen LogP contribution in [0.4, 0.5) is 4.79 Å². The summed E-state index contributed by atoms with van der Waals surface area (Å²) in [5.74, 6) is -0.0719. The Balaban J connectivity index is 0. The number of carbonyl (C=O) groups is 1. The smallest absolute Gasteiger partial charge is 0.314 e. The van der Waals surface area contributed by atoms with E-state index in [0.29, 0.717) is 13.1 Å². The summed E-state index contributed by atoms with van der Waals surface area (Å²) in [6, 6.07) is 4.31. The maximum atomic E-state index is 10.4. The molecule has 1 rings (SSSR count). The Kier molecular flexibility index (Phi) is 12.3. The van der Waals surface area contributed by atoms with Gasteiger partial charge in [0.1, 0.15) is 15.9 Å². The van der Waals surface area contributed by atoms with E-state index in [1.807, 2.05) is 27.7 Å². The van der Waals surface area contributed by atoms with Crippen molar-refractivity contribution in [3.05, 3.63) is 24.3 Å². The number of amides is 2. The van der Waals surface area contributed by atoms with Crippen molar-refractivity contribution >= 4 is 16.1 Å². The van der Waals surface area contributed by atoms with Crippen LogP contribution in [0.5, 0.6) is 5.75 Å². The zero-order chi connectivity index (χ0) is 16.9. The van der Waals surface area contributed by atoms with Crippen LogP contribution in [0.2, 0.25) is 0 Å². The quantitative estimate of drug-likeness (QED) is 0.732. The van der Waals surface area contributed by atoms with Crippen molar-refractivity contribution in [2.45, 2.75) is 32.6 Å². The van der Waals surface area contributed by atoms with Crippen LogP contribution in [0.15, 0.2) is 29.2 Å². The molecular weight excluding hydrogens is 296 g/mol. The van der Waals surface area contributed by atoms with Gasteiger partial charge in [-0.2, -0.15) is 0 Å². The van der Waals surface area contributed by atoms with E-state index in [4.69, 9.17) is 5.11 Å². The molecule has 0 saturated heterocycles. The van der Waals surface area contributed by atoms with Crippen molar-refractivity contribution in [3.63, 3.8) is 0 Å². The highest BCUT2D eigenvalue weighted by molar-refractivity contribution is 7.85. The SMILES string of the molecule is CC.CCNC(=O)NCC.O=S(=O)([O-])c1ccc(O)cc1. The fourth-order valence-corrected chi connectivity index (χ4v) is 1.47. The van der Waals surface area contributed by atoms with Crippen LogP contribution < -0.4 is 10.6 Å². The molecule has 0 heterocycles. The Bertz CT molecular complexity index is 478. The van der Waals surface area contributed by atoms with Crippen LogP contribution in [0.1, 0.15) is 27.7 Å². The molecule has 0 radical (unpaired) electrons. The molecule has 1 aromatic rings. The monoisotopic (exact) mass is 319 g/mol. The summed E-state index contributed by atoms with van der Waals surface area (Å²) < 4.78 is 30.9. The lowest BCUT2D eigenvalue weighted by molar-refractivity contribution is 0.242. The fraction of sp³-hybridized carbons (Fsp3) is 0.462. The number of hydrogen-bond donors (Lipinski definition) is 3. The maximum absolute atomic E-state index is 10.4. The summed E-state index contributed by atoms with van der Waals surface area (Å²) in [5, 5.41) is 13.9. The molecule has 21 heavy (non-hydrogen) atoms. The normalized spacial score (nSPS) is 9.38. The number of hydrogen-bond acceptors (Lipinski definition) is 5. The van der Waals surface area contributed by atoms with Crippen LogP contribution in [0.3, 0.4) is 0 Å². The summed E-state index contributed by atoms with van der Waals surface area (Å²) >= 11 is 0. The predicted molar refractivity (Wildman–Crippen MR) is 80.2 cm³/mol. The average Bonchev–Trinajstić information content (AvgIpc) is 2.42. The lowest BCUT2D eigenvalue weighted by Crippen LogP contribution is -2.34. The summed E-state index contributed by atoms with van der Waals surface area (Å²) in [5.41, 5.74) is 0. The zero-order valence-corrected chi connectivity index (χ0v) is 13.5. The molecule has 0 aromatic heterocycles. The van der Waals surface area contributed by atoms with E-state index in [1.165, 1.54) is 0 Å². The van der Waals surface area contributed by atoms with E-state index in [9.17, 15) is 17.8 Å². The van der Waals surface area contributed by atoms with Crippen molar-refractivity contribution in [2.75, 3.05) is 13.1 Å². The second-order valence-electron chi connectivity index (χ2n) is 3.34. The van der Waals surface area contributed by atoms with Crippen molar-refractivity contribution in [1.82, 2.24) is 10.6 Å². The molecule has 0 bridgehead atoms. The van der Waals surface area contributed by atoms with E-state index in [2.05, 4.69) is 10.6 Å². The number of carbonyl (C=O) groups excluding carboxylic acids is 1. The Morgan fingerprint density at radius 3 is 1.76 bits per heavy atom. The van der Waals surface area contributed by atoms with Gasteiger partial charge in [-0.05, 0) is 38.1 Å². The summed E-state index contributed by atoms with van der Waals surface area (Å²) in [7, 11) is -4.38. The molecule has 0 unspecified atom stereocenters. The molecule has 0 aliphatic carbocycles. The van der Waals surface area contributed by atoms with Crippen molar-refractivity contribution in [1.29, 1.82) is 0 Å². The highest BCUT2D eigenvalue weighted by Gasteiger charge is 1.98. The predicted octanol–water partition coefficient (Wildman–Crippen LogP) is 1.65. The zero-order valence-electron chi connectivity index (χ0n) is 12.7. The van der Waals surface area contributed by atoms with Gasteiger partial charge in [0.15, 0.2) is 0 Å². The molecule has 2 amide bonds. The fourth-order valence-electron chi connectivity index (χ4n) is 0.996. The third kappa shape index (κ3) is 11.7. The molecule has 8 heteroatoms. The molecular formula is C13H23N2O5S-. The minimum atomic E-state index is -4.38. The molecule has 7 nitrogen and oxygen atoms in total. The molecule has 1 aromatic carbocycles. The third-order valence-corrected chi connectivity index (χ3v) is 2.65. The first-order chi connectivity index (χ1) is 9.81. The van der Waals surface area contributed by atoms with Crippen molar-refractivity contribution < 1.29 is 22.9 Å². The van der Waals surface area contributed by atoms with E-state index < -0.39 is 10.1 Å². The van der Waals surface area contributed by atoms with Gasteiger partial charge in [0.25, 0.3) is 0 Å². The van der Waals surface area contributed by atoms with Gasteiger partial charge in [0, 0.05) is 13.1 Å². The number of phenols is 1. The second kappa shape index (κ2) is 12.0. The summed E-state index contributed by atoms with van der Waals surface area (Å²) in [6.45, 7) is 9.14. The first-order valence-corrected chi connectivity index (χ1v) is 7.98. The lowest BCUT2D eigenvalue weighted by atomic mass is 10.3. The number of phenolic OH excluding ortho intramolecular Hbond substituents is 1. The molecule has 0 fully saturated rings. The molecule has 3 N–H and O–H groups in total.